The number of halogens is 3. The van der Waals surface area contributed by atoms with E-state index in [0.29, 0.717) is 17.6 Å². The molecule has 4 rings (SSSR count). The summed E-state index contributed by atoms with van der Waals surface area (Å²) in [6, 6.07) is 10.4. The van der Waals surface area contributed by atoms with Crippen LogP contribution in [0.15, 0.2) is 54.7 Å². The molecule has 3 aromatic rings. The monoisotopic (exact) mass is 457 g/mol. The van der Waals surface area contributed by atoms with Crippen LogP contribution in [0.25, 0.3) is 10.9 Å². The van der Waals surface area contributed by atoms with Gasteiger partial charge in [0.15, 0.2) is 0 Å². The Hall–Kier alpha value is -3.95. The first-order chi connectivity index (χ1) is 15.4. The highest BCUT2D eigenvalue weighted by molar-refractivity contribution is 6.23. The number of para-hydroxylation sites is 1. The number of pyridine rings is 1. The van der Waals surface area contributed by atoms with Crippen LogP contribution in [0.1, 0.15) is 35.3 Å². The number of carboxylic acid groups (broad SMARTS) is 1. The van der Waals surface area contributed by atoms with Crippen LogP contribution in [-0.4, -0.2) is 38.4 Å². The average molecular weight is 457 g/mol. The first kappa shape index (κ1) is 22.3. The zero-order valence-corrected chi connectivity index (χ0v) is 17.6. The number of urea groups is 1. The van der Waals surface area contributed by atoms with Gasteiger partial charge in [-0.1, -0.05) is 18.2 Å². The molecule has 170 valence electrons. The van der Waals surface area contributed by atoms with Crippen molar-refractivity contribution in [1.29, 1.82) is 0 Å². The minimum absolute atomic E-state index is 0.0452. The van der Waals surface area contributed by atoms with E-state index in [1.54, 1.807) is 12.3 Å². The zero-order chi connectivity index (χ0) is 24.1. The predicted octanol–water partition coefficient (Wildman–Crippen LogP) is 4.70. The number of anilines is 1. The van der Waals surface area contributed by atoms with Crippen LogP contribution in [0.5, 0.6) is 0 Å². The van der Waals surface area contributed by atoms with Gasteiger partial charge >= 0.3 is 18.2 Å². The lowest BCUT2D eigenvalue weighted by Crippen LogP contribution is -2.43. The summed E-state index contributed by atoms with van der Waals surface area (Å²) in [5, 5.41) is 10.1. The molecule has 2 aromatic carbocycles. The number of aromatic carboxylic acids is 1. The average Bonchev–Trinajstić information content (AvgIpc) is 2.92. The Labute approximate surface area is 186 Å². The van der Waals surface area contributed by atoms with Crippen molar-refractivity contribution in [3.05, 3.63) is 71.4 Å². The fraction of sp³-hybridized carbons (Fsp3) is 0.217. The van der Waals surface area contributed by atoms with Crippen molar-refractivity contribution in [3.8, 4) is 0 Å². The Morgan fingerprint density at radius 1 is 1.09 bits per heavy atom. The molecule has 1 aliphatic rings. The third-order valence-corrected chi connectivity index (χ3v) is 5.69. The van der Waals surface area contributed by atoms with Crippen LogP contribution in [-0.2, 0) is 17.5 Å². The first-order valence-electron chi connectivity index (χ1n) is 9.86. The number of carboxylic acids is 1. The molecule has 1 N–H and O–H groups in total. The summed E-state index contributed by atoms with van der Waals surface area (Å²) in [4.78, 5) is 44.2. The van der Waals surface area contributed by atoms with Gasteiger partial charge in [0.25, 0.3) is 5.91 Å². The second kappa shape index (κ2) is 7.58. The zero-order valence-electron chi connectivity index (χ0n) is 17.6. The number of hydrogen-bond donors (Lipinski definition) is 1. The maximum absolute atomic E-state index is 13.3. The number of amides is 3. The van der Waals surface area contributed by atoms with Crippen LogP contribution in [0.2, 0.25) is 0 Å². The summed E-state index contributed by atoms with van der Waals surface area (Å²) >= 11 is 0. The van der Waals surface area contributed by atoms with Gasteiger partial charge in [-0.2, -0.15) is 13.2 Å². The summed E-state index contributed by atoms with van der Waals surface area (Å²) in [5.74, 6) is -2.50. The fourth-order valence-electron chi connectivity index (χ4n) is 3.89. The number of imide groups is 1. The summed E-state index contributed by atoms with van der Waals surface area (Å²) in [7, 11) is 0. The van der Waals surface area contributed by atoms with E-state index in [4.69, 9.17) is 0 Å². The number of rotatable bonds is 4. The molecule has 1 fully saturated rings. The highest BCUT2D eigenvalue weighted by Gasteiger charge is 2.52. The van der Waals surface area contributed by atoms with E-state index in [9.17, 15) is 32.7 Å². The summed E-state index contributed by atoms with van der Waals surface area (Å²) in [6.45, 7) is 3.10. The van der Waals surface area contributed by atoms with Crippen LogP contribution < -0.4 is 4.90 Å². The number of benzene rings is 2. The summed E-state index contributed by atoms with van der Waals surface area (Å²) in [6.07, 6.45) is -3.32. The predicted molar refractivity (Wildman–Crippen MR) is 113 cm³/mol. The number of hydrogen-bond acceptors (Lipinski definition) is 4. The van der Waals surface area contributed by atoms with Crippen LogP contribution in [0.3, 0.4) is 0 Å². The van der Waals surface area contributed by atoms with Crippen molar-refractivity contribution in [2.75, 3.05) is 4.90 Å². The van der Waals surface area contributed by atoms with Gasteiger partial charge in [0, 0.05) is 18.1 Å². The number of carbonyl (C=O) groups excluding carboxylic acids is 2. The smallest absolute Gasteiger partial charge is 0.417 e. The highest BCUT2D eigenvalue weighted by atomic mass is 19.4. The molecule has 0 spiro atoms. The molecule has 33 heavy (non-hydrogen) atoms. The molecule has 0 aliphatic carbocycles. The molecule has 10 heteroatoms. The Morgan fingerprint density at radius 2 is 1.79 bits per heavy atom. The Balaban J connectivity index is 1.75. The lowest BCUT2D eigenvalue weighted by Gasteiger charge is -2.28. The standard InChI is InChI=1S/C23H18F3N3O4/c1-22(2)20(32)29(14-7-8-17(23(24,25)26)16(11-14)19(30)31)21(33)28(22)12-13-9-10-27-18-6-4-3-5-15(13)18/h3-11H,12H2,1-2H3,(H,30,31). The molecule has 0 radical (unpaired) electrons. The second-order valence-corrected chi connectivity index (χ2v) is 8.09. The number of nitrogens with zero attached hydrogens (tertiary/aromatic N) is 3. The van der Waals surface area contributed by atoms with E-state index in [2.05, 4.69) is 4.98 Å². The molecule has 3 amide bonds. The van der Waals surface area contributed by atoms with Crippen molar-refractivity contribution >= 4 is 34.5 Å². The van der Waals surface area contributed by atoms with Gasteiger partial charge in [-0.15, -0.1) is 0 Å². The normalized spacial score (nSPS) is 16.0. The van der Waals surface area contributed by atoms with E-state index in [0.717, 1.165) is 21.9 Å². The molecule has 0 atom stereocenters. The van der Waals surface area contributed by atoms with Gasteiger partial charge in [-0.3, -0.25) is 9.78 Å². The van der Waals surface area contributed by atoms with Gasteiger partial charge in [-0.25, -0.2) is 14.5 Å². The van der Waals surface area contributed by atoms with Gasteiger partial charge in [0.2, 0.25) is 0 Å². The SMILES string of the molecule is CC1(C)C(=O)N(c2ccc(C(F)(F)F)c(C(=O)O)c2)C(=O)N1Cc1ccnc2ccccc12. The van der Waals surface area contributed by atoms with E-state index < -0.39 is 40.7 Å². The van der Waals surface area contributed by atoms with Crippen molar-refractivity contribution in [1.82, 2.24) is 9.88 Å². The largest absolute Gasteiger partial charge is 0.478 e. The Bertz CT molecular complexity index is 1300. The van der Waals surface area contributed by atoms with Crippen molar-refractivity contribution in [2.45, 2.75) is 32.1 Å². The topological polar surface area (TPSA) is 90.8 Å². The van der Waals surface area contributed by atoms with Crippen molar-refractivity contribution in [3.63, 3.8) is 0 Å². The molecule has 1 aromatic heterocycles. The van der Waals surface area contributed by atoms with E-state index >= 15 is 0 Å². The lowest BCUT2D eigenvalue weighted by molar-refractivity contribution is -0.138. The van der Waals surface area contributed by atoms with Crippen molar-refractivity contribution in [2.24, 2.45) is 0 Å². The van der Waals surface area contributed by atoms with E-state index in [-0.39, 0.29) is 12.2 Å². The molecule has 1 saturated heterocycles. The van der Waals surface area contributed by atoms with Crippen LogP contribution in [0, 0.1) is 0 Å². The number of fused-ring (bicyclic) bond motifs is 1. The quantitative estimate of drug-likeness (QED) is 0.574. The Morgan fingerprint density at radius 3 is 2.45 bits per heavy atom. The number of carbonyl (C=O) groups is 3. The molecule has 0 bridgehead atoms. The van der Waals surface area contributed by atoms with Crippen LogP contribution in [0.4, 0.5) is 23.7 Å². The Kier molecular flexibility index (Phi) is 5.11. The summed E-state index contributed by atoms with van der Waals surface area (Å²) < 4.78 is 39.6. The summed E-state index contributed by atoms with van der Waals surface area (Å²) in [5.41, 5.74) is -2.54. The maximum atomic E-state index is 13.3. The fourth-order valence-corrected chi connectivity index (χ4v) is 3.89. The first-order valence-corrected chi connectivity index (χ1v) is 9.86. The highest BCUT2D eigenvalue weighted by Crippen LogP contribution is 2.38. The van der Waals surface area contributed by atoms with Gasteiger partial charge in [0.1, 0.15) is 5.54 Å². The maximum Gasteiger partial charge on any atom is 0.417 e. The minimum Gasteiger partial charge on any atom is -0.478 e. The minimum atomic E-state index is -4.90. The van der Waals surface area contributed by atoms with Crippen molar-refractivity contribution < 1.29 is 32.7 Å². The lowest BCUT2D eigenvalue weighted by atomic mass is 10.0. The molecule has 1 aliphatic heterocycles. The van der Waals surface area contributed by atoms with Gasteiger partial charge in [-0.05, 0) is 49.7 Å². The third kappa shape index (κ3) is 3.67. The van der Waals surface area contributed by atoms with E-state index in [1.807, 2.05) is 24.3 Å². The molecular formula is C23H18F3N3O4. The number of aromatic nitrogens is 1. The molecular weight excluding hydrogens is 439 g/mol. The molecule has 2 heterocycles. The molecule has 7 nitrogen and oxygen atoms in total. The van der Waals surface area contributed by atoms with Crippen LogP contribution >= 0.6 is 0 Å². The van der Waals surface area contributed by atoms with Gasteiger partial charge in [0.05, 0.1) is 22.3 Å². The second-order valence-electron chi connectivity index (χ2n) is 8.09. The number of alkyl halides is 3. The van der Waals surface area contributed by atoms with E-state index in [1.165, 1.54) is 18.7 Å². The molecule has 0 unspecified atom stereocenters. The molecule has 0 saturated carbocycles. The van der Waals surface area contributed by atoms with Gasteiger partial charge < -0.3 is 10.0 Å². The third-order valence-electron chi connectivity index (χ3n) is 5.69.